The number of ketones is 2. The Labute approximate surface area is 163 Å². The largest absolute Gasteiger partial charge is 0.482 e. The number of carbonyl (C=O) groups is 4. The van der Waals surface area contributed by atoms with Gasteiger partial charge in [0.1, 0.15) is 5.75 Å². The lowest BCUT2D eigenvalue weighted by Gasteiger charge is -2.18. The van der Waals surface area contributed by atoms with E-state index in [2.05, 4.69) is 5.32 Å². The van der Waals surface area contributed by atoms with Crippen LogP contribution in [0.4, 0.5) is 5.69 Å². The van der Waals surface area contributed by atoms with E-state index in [1.165, 1.54) is 12.1 Å². The lowest BCUT2D eigenvalue weighted by atomic mass is 10.1. The van der Waals surface area contributed by atoms with Crippen LogP contribution >= 0.6 is 22.9 Å². The predicted molar refractivity (Wildman–Crippen MR) is 98.7 cm³/mol. The van der Waals surface area contributed by atoms with Crippen LogP contribution in [0.15, 0.2) is 30.3 Å². The molecular formula is C18H14ClNO6S. The number of rotatable bonds is 7. The van der Waals surface area contributed by atoms with Gasteiger partial charge < -0.3 is 14.8 Å². The first-order chi connectivity index (χ1) is 12.9. The van der Waals surface area contributed by atoms with Gasteiger partial charge in [-0.05, 0) is 30.3 Å². The van der Waals surface area contributed by atoms with Crippen molar-refractivity contribution in [2.45, 2.75) is 12.8 Å². The molecule has 1 amide bonds. The second-order valence-corrected chi connectivity index (χ2v) is 7.37. The number of hydrogen-bond acceptors (Lipinski definition) is 7. The van der Waals surface area contributed by atoms with Gasteiger partial charge in [-0.1, -0.05) is 11.6 Å². The van der Waals surface area contributed by atoms with E-state index in [1.807, 2.05) is 0 Å². The summed E-state index contributed by atoms with van der Waals surface area (Å²) in [4.78, 5) is 47.7. The van der Waals surface area contributed by atoms with Gasteiger partial charge in [0.05, 0.1) is 21.3 Å². The van der Waals surface area contributed by atoms with Crippen molar-refractivity contribution in [3.8, 4) is 5.75 Å². The van der Waals surface area contributed by atoms with E-state index in [0.29, 0.717) is 20.7 Å². The van der Waals surface area contributed by atoms with Crippen LogP contribution in [0.3, 0.4) is 0 Å². The molecule has 2 aromatic rings. The number of thiophene rings is 1. The van der Waals surface area contributed by atoms with Gasteiger partial charge in [-0.3, -0.25) is 19.2 Å². The molecule has 1 aromatic heterocycles. The van der Waals surface area contributed by atoms with Gasteiger partial charge in [-0.15, -0.1) is 11.3 Å². The third kappa shape index (κ3) is 4.93. The summed E-state index contributed by atoms with van der Waals surface area (Å²) in [6.45, 7) is -0.528. The fraction of sp³-hybridized carbons (Fsp3) is 0.222. The summed E-state index contributed by atoms with van der Waals surface area (Å²) < 4.78 is 10.6. The summed E-state index contributed by atoms with van der Waals surface area (Å²) in [7, 11) is 0. The number of halogens is 1. The molecular weight excluding hydrogens is 394 g/mol. The quantitative estimate of drug-likeness (QED) is 0.559. The molecule has 0 saturated heterocycles. The second-order valence-electron chi connectivity index (χ2n) is 5.66. The van der Waals surface area contributed by atoms with Gasteiger partial charge in [0.25, 0.3) is 5.91 Å². The third-order valence-corrected chi connectivity index (χ3v) is 4.98. The molecule has 0 fully saturated rings. The number of esters is 1. The number of ether oxygens (including phenoxy) is 2. The highest BCUT2D eigenvalue weighted by atomic mass is 35.5. The highest BCUT2D eigenvalue weighted by Gasteiger charge is 2.19. The Morgan fingerprint density at radius 1 is 1.15 bits per heavy atom. The van der Waals surface area contributed by atoms with E-state index in [0.717, 1.165) is 11.3 Å². The van der Waals surface area contributed by atoms with Crippen LogP contribution in [0.5, 0.6) is 5.75 Å². The molecule has 2 heterocycles. The average Bonchev–Trinajstić information content (AvgIpc) is 3.10. The maximum Gasteiger partial charge on any atom is 0.306 e. The Morgan fingerprint density at radius 2 is 1.96 bits per heavy atom. The van der Waals surface area contributed by atoms with Crippen molar-refractivity contribution < 1.29 is 28.7 Å². The van der Waals surface area contributed by atoms with Crippen LogP contribution in [-0.4, -0.2) is 36.7 Å². The van der Waals surface area contributed by atoms with Gasteiger partial charge in [-0.25, -0.2) is 0 Å². The topological polar surface area (TPSA) is 98.8 Å². The fourth-order valence-corrected chi connectivity index (χ4v) is 3.37. The number of hydrogen-bond donors (Lipinski definition) is 1. The van der Waals surface area contributed by atoms with Crippen LogP contribution in [0.25, 0.3) is 0 Å². The number of Topliss-reactive ketones (excluding diaryl/α,β-unsaturated/α-hetero) is 2. The zero-order valence-electron chi connectivity index (χ0n) is 14.0. The predicted octanol–water partition coefficient (Wildman–Crippen LogP) is 3.12. The third-order valence-electron chi connectivity index (χ3n) is 3.70. The lowest BCUT2D eigenvalue weighted by Crippen LogP contribution is -2.25. The number of fused-ring (bicyclic) bond motifs is 1. The van der Waals surface area contributed by atoms with E-state index in [-0.39, 0.29) is 36.7 Å². The molecule has 1 N–H and O–H groups in total. The Morgan fingerprint density at radius 3 is 2.70 bits per heavy atom. The van der Waals surface area contributed by atoms with Crippen LogP contribution < -0.4 is 10.1 Å². The second kappa shape index (κ2) is 8.32. The summed E-state index contributed by atoms with van der Waals surface area (Å²) >= 11 is 6.91. The number of nitrogens with one attached hydrogen (secondary N) is 1. The molecule has 3 rings (SSSR count). The number of benzene rings is 1. The highest BCUT2D eigenvalue weighted by Crippen LogP contribution is 2.28. The number of carbonyl (C=O) groups excluding carboxylic acids is 4. The molecule has 0 spiro atoms. The summed E-state index contributed by atoms with van der Waals surface area (Å²) in [6.07, 6.45) is -0.151. The summed E-state index contributed by atoms with van der Waals surface area (Å²) in [5, 5.41) is 2.60. The minimum Gasteiger partial charge on any atom is -0.482 e. The molecule has 140 valence electrons. The summed E-state index contributed by atoms with van der Waals surface area (Å²) in [5.74, 6) is -1.12. The molecule has 1 aliphatic rings. The first kappa shape index (κ1) is 19.1. The summed E-state index contributed by atoms with van der Waals surface area (Å²) in [5.41, 5.74) is 0.667. The minimum atomic E-state index is -0.644. The normalized spacial score (nSPS) is 12.6. The standard InChI is InChI=1S/C18H14ClNO6S/c19-16-5-4-15(27-16)12(21)2-6-18(24)26-8-13(22)10-1-3-14-11(7-10)20-17(23)9-25-14/h1,3-5,7H,2,6,8-9H2,(H,20,23). The van der Waals surface area contributed by atoms with Crippen molar-refractivity contribution in [3.05, 3.63) is 45.1 Å². The zero-order chi connectivity index (χ0) is 19.4. The van der Waals surface area contributed by atoms with Crippen molar-refractivity contribution >= 4 is 52.1 Å². The average molecular weight is 408 g/mol. The van der Waals surface area contributed by atoms with Gasteiger partial charge >= 0.3 is 5.97 Å². The smallest absolute Gasteiger partial charge is 0.306 e. The fourth-order valence-electron chi connectivity index (χ4n) is 2.36. The van der Waals surface area contributed by atoms with Crippen molar-refractivity contribution in [1.29, 1.82) is 0 Å². The highest BCUT2D eigenvalue weighted by molar-refractivity contribution is 7.18. The van der Waals surface area contributed by atoms with Crippen molar-refractivity contribution in [1.82, 2.24) is 0 Å². The Hall–Kier alpha value is -2.71. The first-order valence-electron chi connectivity index (χ1n) is 7.96. The number of amides is 1. The molecule has 0 radical (unpaired) electrons. The Balaban J connectivity index is 1.48. The van der Waals surface area contributed by atoms with Crippen molar-refractivity contribution in [2.75, 3.05) is 18.5 Å². The van der Waals surface area contributed by atoms with Crippen molar-refractivity contribution in [2.24, 2.45) is 0 Å². The Bertz CT molecular complexity index is 922. The van der Waals surface area contributed by atoms with Crippen LogP contribution in [0.2, 0.25) is 4.34 Å². The monoisotopic (exact) mass is 407 g/mol. The molecule has 1 aliphatic heterocycles. The van der Waals surface area contributed by atoms with E-state index in [1.54, 1.807) is 18.2 Å². The molecule has 0 unspecified atom stereocenters. The lowest BCUT2D eigenvalue weighted by molar-refractivity contribution is -0.142. The van der Waals surface area contributed by atoms with Gasteiger partial charge in [-0.2, -0.15) is 0 Å². The van der Waals surface area contributed by atoms with E-state index in [9.17, 15) is 19.2 Å². The molecule has 7 nitrogen and oxygen atoms in total. The molecule has 0 bridgehead atoms. The molecule has 9 heteroatoms. The van der Waals surface area contributed by atoms with Crippen LogP contribution in [0, 0.1) is 0 Å². The molecule has 27 heavy (non-hydrogen) atoms. The van der Waals surface area contributed by atoms with E-state index in [4.69, 9.17) is 21.1 Å². The zero-order valence-corrected chi connectivity index (χ0v) is 15.5. The van der Waals surface area contributed by atoms with Crippen LogP contribution in [0.1, 0.15) is 32.9 Å². The molecule has 1 aromatic carbocycles. The molecule has 0 aliphatic carbocycles. The van der Waals surface area contributed by atoms with Crippen molar-refractivity contribution in [3.63, 3.8) is 0 Å². The van der Waals surface area contributed by atoms with Gasteiger partial charge in [0.15, 0.2) is 24.8 Å². The SMILES string of the molecule is O=C1COc2ccc(C(=O)COC(=O)CCC(=O)c3ccc(Cl)s3)cc2N1. The van der Waals surface area contributed by atoms with E-state index < -0.39 is 18.4 Å². The van der Waals surface area contributed by atoms with Crippen LogP contribution in [-0.2, 0) is 14.3 Å². The van der Waals surface area contributed by atoms with Gasteiger partial charge in [0, 0.05) is 12.0 Å². The van der Waals surface area contributed by atoms with E-state index >= 15 is 0 Å². The Kier molecular flexibility index (Phi) is 5.88. The first-order valence-corrected chi connectivity index (χ1v) is 9.16. The summed E-state index contributed by atoms with van der Waals surface area (Å²) in [6, 6.07) is 7.77. The molecule has 0 atom stereocenters. The maximum atomic E-state index is 12.2. The maximum absolute atomic E-state index is 12.2. The number of anilines is 1. The molecule has 0 saturated carbocycles. The van der Waals surface area contributed by atoms with Gasteiger partial charge in [0.2, 0.25) is 0 Å². The minimum absolute atomic E-state index is 0.0217.